The van der Waals surface area contributed by atoms with E-state index in [0.717, 1.165) is 111 Å². The second-order valence-electron chi connectivity index (χ2n) is 12.3. The van der Waals surface area contributed by atoms with Crippen molar-refractivity contribution < 1.29 is 32.2 Å². The Balaban J connectivity index is 1.58. The number of halogens is 4. The topological polar surface area (TPSA) is 55.6 Å². The van der Waals surface area contributed by atoms with Gasteiger partial charge in [-0.15, -0.1) is 0 Å². The van der Waals surface area contributed by atoms with Crippen molar-refractivity contribution in [2.24, 2.45) is 0 Å². The number of aromatic carboxylic acids is 1. The molecule has 5 aliphatic rings. The van der Waals surface area contributed by atoms with Crippen molar-refractivity contribution in [1.29, 1.82) is 0 Å². The van der Waals surface area contributed by atoms with E-state index in [1.165, 1.54) is 0 Å². The van der Waals surface area contributed by atoms with E-state index >= 15 is 13.2 Å². The molecule has 3 aromatic rings. The molecule has 0 aliphatic carbocycles. The lowest BCUT2D eigenvalue weighted by Gasteiger charge is -2.36. The van der Waals surface area contributed by atoms with Crippen LogP contribution in [0.2, 0.25) is 0 Å². The normalized spacial score (nSPS) is 18.6. The summed E-state index contributed by atoms with van der Waals surface area (Å²) in [6.07, 6.45) is 8.49. The van der Waals surface area contributed by atoms with E-state index < -0.39 is 40.4 Å². The molecule has 3 aromatic carbocycles. The summed E-state index contributed by atoms with van der Waals surface area (Å²) in [5.74, 6) is -9.13. The molecule has 0 amide bonds. The molecule has 0 unspecified atom stereocenters. The Morgan fingerprint density at radius 2 is 1.49 bits per heavy atom. The first kappa shape index (κ1) is 26.7. The van der Waals surface area contributed by atoms with Gasteiger partial charge in [-0.25, -0.2) is 22.1 Å². The second kappa shape index (κ2) is 9.82. The number of fused-ring (bicyclic) bond motifs is 4. The zero-order valence-electron chi connectivity index (χ0n) is 23.7. The van der Waals surface area contributed by atoms with E-state index in [2.05, 4.69) is 9.48 Å². The van der Waals surface area contributed by atoms with Gasteiger partial charge in [0.1, 0.15) is 24.6 Å². The van der Waals surface area contributed by atoms with Gasteiger partial charge in [-0.1, -0.05) is 0 Å². The first-order valence-electron chi connectivity index (χ1n) is 15.4. The molecule has 8 rings (SSSR count). The molecule has 0 saturated carbocycles. The van der Waals surface area contributed by atoms with Crippen LogP contribution >= 0.6 is 0 Å². The van der Waals surface area contributed by atoms with Crippen LogP contribution in [0.15, 0.2) is 12.1 Å². The number of hydrogen-bond donors (Lipinski definition) is 0. The molecule has 5 nitrogen and oxygen atoms in total. The molecule has 43 heavy (non-hydrogen) atoms. The highest BCUT2D eigenvalue weighted by atomic mass is 19.2. The number of anilines is 1. The summed E-state index contributed by atoms with van der Waals surface area (Å²) in [4.78, 5) is 14.7. The highest BCUT2D eigenvalue weighted by Gasteiger charge is 2.38. The van der Waals surface area contributed by atoms with Crippen LogP contribution in [0, 0.1) is 23.3 Å². The summed E-state index contributed by atoms with van der Waals surface area (Å²) in [5.41, 5.74) is 3.25. The van der Waals surface area contributed by atoms with Crippen LogP contribution < -0.4 is 29.9 Å². The van der Waals surface area contributed by atoms with Crippen molar-refractivity contribution in [3.63, 3.8) is 0 Å². The van der Waals surface area contributed by atoms with Gasteiger partial charge in [0.05, 0.1) is 11.5 Å². The third kappa shape index (κ3) is 3.82. The molecule has 9 heteroatoms. The van der Waals surface area contributed by atoms with E-state index in [1.807, 2.05) is 12.1 Å². The SMILES string of the molecule is O=C([O-])c1c(F)c(F)c(F)c(F)c1C1=c2cc3c4c(c2Oc2c1cc1c5c2CCCN5CCCC1)CCC[N+]=4CCCC3. The second-order valence-corrected chi connectivity index (χ2v) is 12.3. The monoisotopic (exact) mass is 590 g/mol. The predicted octanol–water partition coefficient (Wildman–Crippen LogP) is 3.82. The number of carboxylic acid groups (broad SMARTS) is 1. The zero-order chi connectivity index (χ0) is 29.6. The quantitative estimate of drug-likeness (QED) is 0.154. The number of benzene rings is 3. The third-order valence-electron chi connectivity index (χ3n) is 9.91. The average Bonchev–Trinajstić information content (AvgIpc) is 3.35. The number of carbonyl (C=O) groups is 1. The average molecular weight is 591 g/mol. The highest BCUT2D eigenvalue weighted by molar-refractivity contribution is 5.99. The van der Waals surface area contributed by atoms with E-state index in [4.69, 9.17) is 4.74 Å². The van der Waals surface area contributed by atoms with Gasteiger partial charge in [0.15, 0.2) is 23.3 Å². The highest BCUT2D eigenvalue weighted by Crippen LogP contribution is 2.49. The molecule has 5 aliphatic heterocycles. The lowest BCUT2D eigenvalue weighted by atomic mass is 9.82. The molecule has 0 bridgehead atoms. The van der Waals surface area contributed by atoms with Gasteiger partial charge in [0, 0.05) is 70.2 Å². The molecular formula is C34H30F4N2O3. The maximum Gasteiger partial charge on any atom is 0.210 e. The maximum absolute atomic E-state index is 16.0. The molecule has 0 aromatic heterocycles. The third-order valence-corrected chi connectivity index (χ3v) is 9.91. The molecule has 0 fully saturated rings. The smallest absolute Gasteiger partial charge is 0.210 e. The summed E-state index contributed by atoms with van der Waals surface area (Å²) in [7, 11) is 0. The van der Waals surface area contributed by atoms with Gasteiger partial charge >= 0.3 is 0 Å². The van der Waals surface area contributed by atoms with Crippen LogP contribution in [0.4, 0.5) is 23.2 Å². The number of carbonyl (C=O) groups excluding carboxylic acids is 1. The van der Waals surface area contributed by atoms with Crippen molar-refractivity contribution in [3.8, 4) is 11.5 Å². The molecule has 0 saturated heterocycles. The van der Waals surface area contributed by atoms with Crippen molar-refractivity contribution in [1.82, 2.24) is 4.58 Å². The van der Waals surface area contributed by atoms with Crippen LogP contribution in [0.3, 0.4) is 0 Å². The Bertz CT molecular complexity index is 1900. The fraction of sp³-hybridized carbons (Fsp3) is 0.412. The number of ether oxygens (including phenoxy) is 1. The van der Waals surface area contributed by atoms with E-state index in [-0.39, 0.29) is 5.57 Å². The van der Waals surface area contributed by atoms with Crippen LogP contribution in [-0.2, 0) is 25.7 Å². The minimum absolute atomic E-state index is 0.0200. The summed E-state index contributed by atoms with van der Waals surface area (Å²) < 4.78 is 70.0. The summed E-state index contributed by atoms with van der Waals surface area (Å²) in [5, 5.41) is 13.8. The minimum Gasteiger partial charge on any atom is -0.545 e. The largest absolute Gasteiger partial charge is 0.545 e. The van der Waals surface area contributed by atoms with Gasteiger partial charge in [0.25, 0.3) is 0 Å². The van der Waals surface area contributed by atoms with Crippen molar-refractivity contribution in [2.45, 2.75) is 64.2 Å². The Morgan fingerprint density at radius 1 is 0.767 bits per heavy atom. The van der Waals surface area contributed by atoms with Crippen LogP contribution in [-0.4, -0.2) is 32.1 Å². The van der Waals surface area contributed by atoms with Gasteiger partial charge < -0.3 is 19.5 Å². The Labute approximate surface area is 245 Å². The van der Waals surface area contributed by atoms with Crippen molar-refractivity contribution in [2.75, 3.05) is 31.1 Å². The van der Waals surface area contributed by atoms with E-state index in [9.17, 15) is 14.3 Å². The Kier molecular flexibility index (Phi) is 6.11. The van der Waals surface area contributed by atoms with E-state index in [0.29, 0.717) is 35.1 Å². The van der Waals surface area contributed by atoms with E-state index in [1.54, 1.807) is 0 Å². The molecule has 5 heterocycles. The maximum atomic E-state index is 16.0. The zero-order valence-corrected chi connectivity index (χ0v) is 23.7. The predicted molar refractivity (Wildman–Crippen MR) is 150 cm³/mol. The summed E-state index contributed by atoms with van der Waals surface area (Å²) >= 11 is 0. The number of aryl methyl sites for hydroxylation is 2. The molecule has 222 valence electrons. The molecule has 0 radical (unpaired) electrons. The fourth-order valence-electron chi connectivity index (χ4n) is 8.16. The van der Waals surface area contributed by atoms with Gasteiger partial charge in [-0.05, 0) is 69.1 Å². The molecular weight excluding hydrogens is 560 g/mol. The number of nitrogens with zero attached hydrogens (tertiary/aromatic N) is 2. The standard InChI is InChI=1S/C34H30F4N2O3/c35-26-24(25(34(41)42)27(36)29(38)28(26)37)23-21-15-17-7-1-3-11-39-13-5-9-19(30(17)39)32(21)43-33-20-10-6-14-40-12-4-2-8-18(31(20)40)16-22(23)33/h15-16H,1-14H2. The minimum atomic E-state index is -2.17. The number of rotatable bonds is 2. The van der Waals surface area contributed by atoms with Crippen LogP contribution in [0.25, 0.3) is 5.57 Å². The number of carboxylic acids is 1. The number of hydrogen-bond acceptors (Lipinski definition) is 4. The summed E-state index contributed by atoms with van der Waals surface area (Å²) in [6.45, 7) is 3.60. The van der Waals surface area contributed by atoms with Gasteiger partial charge in [-0.2, -0.15) is 0 Å². The Morgan fingerprint density at radius 3 is 2.33 bits per heavy atom. The summed E-state index contributed by atoms with van der Waals surface area (Å²) in [6, 6.07) is 3.74. The Hall–Kier alpha value is -3.88. The van der Waals surface area contributed by atoms with Crippen molar-refractivity contribution in [3.05, 3.63) is 84.9 Å². The lowest BCUT2D eigenvalue weighted by molar-refractivity contribution is -0.255. The van der Waals surface area contributed by atoms with Gasteiger partial charge in [-0.3, -0.25) is 0 Å². The molecule has 0 N–H and O–H groups in total. The first-order valence-corrected chi connectivity index (χ1v) is 15.4. The van der Waals surface area contributed by atoms with Crippen LogP contribution in [0.1, 0.15) is 82.3 Å². The van der Waals surface area contributed by atoms with Gasteiger partial charge in [0.2, 0.25) is 5.36 Å². The molecule has 0 spiro atoms. The fourth-order valence-corrected chi connectivity index (χ4v) is 8.16. The van der Waals surface area contributed by atoms with Crippen LogP contribution in [0.5, 0.6) is 11.5 Å². The lowest BCUT2D eigenvalue weighted by Crippen LogP contribution is -2.41. The first-order chi connectivity index (χ1) is 20.8. The van der Waals surface area contributed by atoms with Crippen molar-refractivity contribution >= 4 is 17.2 Å². The molecule has 0 atom stereocenters.